The number of hydrogen-bond acceptors (Lipinski definition) is 3. The molecule has 1 aromatic rings. The first-order chi connectivity index (χ1) is 7.14. The molecule has 4 nitrogen and oxygen atoms in total. The lowest BCUT2D eigenvalue weighted by molar-refractivity contribution is 0.00480. The van der Waals surface area contributed by atoms with Crippen LogP contribution in [0.1, 0.15) is 25.5 Å². The molecular weight excluding hydrogens is 212 g/mol. The van der Waals surface area contributed by atoms with Crippen LogP contribution < -0.4 is 0 Å². The summed E-state index contributed by atoms with van der Waals surface area (Å²) in [6, 6.07) is 0. The minimum atomic E-state index is -0.135. The highest BCUT2D eigenvalue weighted by molar-refractivity contribution is 7.71. The standard InChI is InChI=1S/C10H16N2O2S/c1-10(3-2-4-14-10)7-12-8(6-13)5-11-9(12)15/h5,13H,2-4,6-7H2,1H3,(H,11,15). The van der Waals surface area contributed by atoms with Crippen molar-refractivity contribution in [1.82, 2.24) is 9.55 Å². The number of aliphatic hydroxyl groups is 1. The van der Waals surface area contributed by atoms with Crippen LogP contribution in [-0.2, 0) is 17.9 Å². The number of aliphatic hydroxyl groups excluding tert-OH is 1. The summed E-state index contributed by atoms with van der Waals surface area (Å²) >= 11 is 5.16. The smallest absolute Gasteiger partial charge is 0.177 e. The molecule has 1 saturated heterocycles. The third kappa shape index (κ3) is 2.14. The Balaban J connectivity index is 2.22. The predicted octanol–water partition coefficient (Wildman–Crippen LogP) is 1.61. The van der Waals surface area contributed by atoms with Gasteiger partial charge in [0.2, 0.25) is 0 Å². The van der Waals surface area contributed by atoms with Crippen molar-refractivity contribution in [3.63, 3.8) is 0 Å². The lowest BCUT2D eigenvalue weighted by atomic mass is 10.0. The van der Waals surface area contributed by atoms with E-state index in [1.807, 2.05) is 4.57 Å². The fourth-order valence-corrected chi connectivity index (χ4v) is 2.27. The van der Waals surface area contributed by atoms with Crippen LogP contribution in [0.3, 0.4) is 0 Å². The van der Waals surface area contributed by atoms with E-state index in [9.17, 15) is 0 Å². The second kappa shape index (κ2) is 4.08. The fraction of sp³-hybridized carbons (Fsp3) is 0.700. The average molecular weight is 228 g/mol. The molecule has 0 spiro atoms. The van der Waals surface area contributed by atoms with Gasteiger partial charge in [0.25, 0.3) is 0 Å². The SMILES string of the molecule is CC1(Cn2c(CO)c[nH]c2=S)CCCO1. The van der Waals surface area contributed by atoms with Gasteiger partial charge in [-0.05, 0) is 32.0 Å². The Morgan fingerprint density at radius 3 is 3.13 bits per heavy atom. The Hall–Kier alpha value is -0.650. The number of ether oxygens (including phenoxy) is 1. The van der Waals surface area contributed by atoms with Gasteiger partial charge in [0.15, 0.2) is 4.77 Å². The molecule has 1 atom stereocenters. The molecule has 2 heterocycles. The van der Waals surface area contributed by atoms with E-state index in [4.69, 9.17) is 22.1 Å². The predicted molar refractivity (Wildman–Crippen MR) is 59.1 cm³/mol. The molecule has 1 fully saturated rings. The number of nitrogens with one attached hydrogen (secondary N) is 1. The normalized spacial score (nSPS) is 26.0. The number of hydrogen-bond donors (Lipinski definition) is 2. The zero-order valence-corrected chi connectivity index (χ0v) is 9.64. The highest BCUT2D eigenvalue weighted by atomic mass is 32.1. The van der Waals surface area contributed by atoms with Gasteiger partial charge in [0.05, 0.1) is 24.4 Å². The molecule has 1 aromatic heterocycles. The second-order valence-electron chi connectivity index (χ2n) is 4.23. The largest absolute Gasteiger partial charge is 0.390 e. The highest BCUT2D eigenvalue weighted by Crippen LogP contribution is 2.27. The molecule has 84 valence electrons. The first-order valence-corrected chi connectivity index (χ1v) is 5.57. The summed E-state index contributed by atoms with van der Waals surface area (Å²) in [6.45, 7) is 3.63. The average Bonchev–Trinajstić information content (AvgIpc) is 2.76. The Labute approximate surface area is 93.9 Å². The Kier molecular flexibility index (Phi) is 2.95. The minimum Gasteiger partial charge on any atom is -0.390 e. The first-order valence-electron chi connectivity index (χ1n) is 5.16. The molecule has 0 saturated carbocycles. The van der Waals surface area contributed by atoms with Gasteiger partial charge in [0, 0.05) is 12.8 Å². The van der Waals surface area contributed by atoms with Gasteiger partial charge in [0.1, 0.15) is 0 Å². The molecule has 0 amide bonds. The maximum atomic E-state index is 9.16. The summed E-state index contributed by atoms with van der Waals surface area (Å²) in [5.41, 5.74) is 0.682. The topological polar surface area (TPSA) is 50.2 Å². The van der Waals surface area contributed by atoms with Crippen LogP contribution in [0.15, 0.2) is 6.20 Å². The van der Waals surface area contributed by atoms with E-state index >= 15 is 0 Å². The maximum Gasteiger partial charge on any atom is 0.177 e. The molecule has 0 aliphatic carbocycles. The molecule has 0 bridgehead atoms. The van der Waals surface area contributed by atoms with Crippen molar-refractivity contribution in [1.29, 1.82) is 0 Å². The maximum absolute atomic E-state index is 9.16. The molecule has 1 aliphatic rings. The molecule has 1 aliphatic heterocycles. The monoisotopic (exact) mass is 228 g/mol. The number of aromatic nitrogens is 2. The van der Waals surface area contributed by atoms with Crippen LogP contribution in [0, 0.1) is 4.77 Å². The van der Waals surface area contributed by atoms with Crippen molar-refractivity contribution in [2.45, 2.75) is 38.5 Å². The summed E-state index contributed by atoms with van der Waals surface area (Å²) in [7, 11) is 0. The van der Waals surface area contributed by atoms with Gasteiger partial charge in [-0.3, -0.25) is 0 Å². The van der Waals surface area contributed by atoms with Crippen molar-refractivity contribution in [3.8, 4) is 0 Å². The van der Waals surface area contributed by atoms with Crippen LogP contribution in [0.4, 0.5) is 0 Å². The number of rotatable bonds is 3. The first kappa shape index (κ1) is 10.9. The molecule has 1 unspecified atom stereocenters. The molecule has 15 heavy (non-hydrogen) atoms. The Morgan fingerprint density at radius 2 is 2.53 bits per heavy atom. The number of aromatic amines is 1. The van der Waals surface area contributed by atoms with Crippen molar-refractivity contribution >= 4 is 12.2 Å². The molecular formula is C10H16N2O2S. The van der Waals surface area contributed by atoms with Crippen LogP contribution >= 0.6 is 12.2 Å². The third-order valence-electron chi connectivity index (χ3n) is 2.91. The summed E-state index contributed by atoms with van der Waals surface area (Å²) in [5.74, 6) is 0. The van der Waals surface area contributed by atoms with Gasteiger partial charge in [-0.1, -0.05) is 0 Å². The zero-order valence-electron chi connectivity index (χ0n) is 8.82. The summed E-state index contributed by atoms with van der Waals surface area (Å²) in [6.07, 6.45) is 3.90. The van der Waals surface area contributed by atoms with E-state index in [1.54, 1.807) is 6.20 Å². The van der Waals surface area contributed by atoms with Crippen LogP contribution in [0.5, 0.6) is 0 Å². The fourth-order valence-electron chi connectivity index (χ4n) is 2.03. The number of nitrogens with zero attached hydrogens (tertiary/aromatic N) is 1. The van der Waals surface area contributed by atoms with Gasteiger partial charge in [-0.2, -0.15) is 0 Å². The number of H-pyrrole nitrogens is 1. The molecule has 2 rings (SSSR count). The molecule has 0 aromatic carbocycles. The van der Waals surface area contributed by atoms with E-state index in [-0.39, 0.29) is 12.2 Å². The van der Waals surface area contributed by atoms with E-state index in [0.717, 1.165) is 25.1 Å². The van der Waals surface area contributed by atoms with Crippen LogP contribution in [0.25, 0.3) is 0 Å². The highest BCUT2D eigenvalue weighted by Gasteiger charge is 2.30. The second-order valence-corrected chi connectivity index (χ2v) is 4.62. The van der Waals surface area contributed by atoms with Crippen molar-refractivity contribution in [2.24, 2.45) is 0 Å². The van der Waals surface area contributed by atoms with E-state index in [0.29, 0.717) is 11.3 Å². The van der Waals surface area contributed by atoms with E-state index in [1.165, 1.54) is 0 Å². The lowest BCUT2D eigenvalue weighted by Crippen LogP contribution is -2.30. The van der Waals surface area contributed by atoms with E-state index in [2.05, 4.69) is 11.9 Å². The Morgan fingerprint density at radius 1 is 1.73 bits per heavy atom. The summed E-state index contributed by atoms with van der Waals surface area (Å²) in [4.78, 5) is 2.94. The number of imidazole rings is 1. The van der Waals surface area contributed by atoms with Crippen molar-refractivity contribution in [3.05, 3.63) is 16.7 Å². The lowest BCUT2D eigenvalue weighted by Gasteiger charge is -2.24. The van der Waals surface area contributed by atoms with Gasteiger partial charge in [-0.25, -0.2) is 0 Å². The molecule has 2 N–H and O–H groups in total. The Bertz CT molecular complexity index is 390. The summed E-state index contributed by atoms with van der Waals surface area (Å²) < 4.78 is 8.27. The minimum absolute atomic E-state index is 0.00319. The van der Waals surface area contributed by atoms with Crippen LogP contribution in [-0.4, -0.2) is 26.9 Å². The zero-order chi connectivity index (χ0) is 10.9. The van der Waals surface area contributed by atoms with E-state index < -0.39 is 0 Å². The van der Waals surface area contributed by atoms with Gasteiger partial charge < -0.3 is 19.4 Å². The van der Waals surface area contributed by atoms with Crippen molar-refractivity contribution < 1.29 is 9.84 Å². The van der Waals surface area contributed by atoms with Gasteiger partial charge >= 0.3 is 0 Å². The molecule has 5 heteroatoms. The summed E-state index contributed by atoms with van der Waals surface area (Å²) in [5, 5.41) is 9.16. The van der Waals surface area contributed by atoms with Crippen LogP contribution in [0.2, 0.25) is 0 Å². The molecule has 0 radical (unpaired) electrons. The third-order valence-corrected chi connectivity index (χ3v) is 3.25. The van der Waals surface area contributed by atoms with Gasteiger partial charge in [-0.15, -0.1) is 0 Å². The van der Waals surface area contributed by atoms with Crippen molar-refractivity contribution in [2.75, 3.05) is 6.61 Å². The quantitative estimate of drug-likeness (QED) is 0.773.